The van der Waals surface area contributed by atoms with Crippen LogP contribution in [0.2, 0.25) is 0 Å². The van der Waals surface area contributed by atoms with Crippen molar-refractivity contribution in [2.75, 3.05) is 19.6 Å². The summed E-state index contributed by atoms with van der Waals surface area (Å²) >= 11 is 0. The third-order valence-corrected chi connectivity index (χ3v) is 4.29. The van der Waals surface area contributed by atoms with Crippen molar-refractivity contribution >= 4 is 24.1 Å². The van der Waals surface area contributed by atoms with Gasteiger partial charge in [-0.2, -0.15) is 0 Å². The van der Waals surface area contributed by atoms with E-state index < -0.39 is 0 Å². The Morgan fingerprint density at radius 3 is 2.27 bits per heavy atom. The summed E-state index contributed by atoms with van der Waals surface area (Å²) in [6, 6.07) is 7.72. The second-order valence-electron chi connectivity index (χ2n) is 5.97. The second-order valence-corrected chi connectivity index (χ2v) is 5.97. The number of ketones is 1. The van der Waals surface area contributed by atoms with Crippen LogP contribution in [0.5, 0.6) is 0 Å². The highest BCUT2D eigenvalue weighted by atomic mass is 35.5. The Labute approximate surface area is 138 Å². The predicted octanol–water partition coefficient (Wildman–Crippen LogP) is 2.43. The molecule has 0 bridgehead atoms. The van der Waals surface area contributed by atoms with E-state index in [0.29, 0.717) is 19.6 Å². The summed E-state index contributed by atoms with van der Waals surface area (Å²) in [5.74, 6) is 0.215. The first-order valence-electron chi connectivity index (χ1n) is 7.62. The molecule has 0 radical (unpaired) electrons. The standard InChI is InChI=1S/C17H24N2O2.ClH/c1-12-3-5-14(6-4-12)16(20)15-7-9-19(10-8-15)17(21)13(2)11-18;/h3-6,13,15H,7-11,18H2,1-2H3;1H. The van der Waals surface area contributed by atoms with Gasteiger partial charge in [0, 0.05) is 37.0 Å². The quantitative estimate of drug-likeness (QED) is 0.865. The van der Waals surface area contributed by atoms with Gasteiger partial charge in [0.1, 0.15) is 0 Å². The van der Waals surface area contributed by atoms with E-state index in [2.05, 4.69) is 0 Å². The number of hydrogen-bond donors (Lipinski definition) is 1. The molecular weight excluding hydrogens is 300 g/mol. The minimum atomic E-state index is -0.130. The van der Waals surface area contributed by atoms with E-state index in [1.54, 1.807) is 0 Å². The van der Waals surface area contributed by atoms with Crippen molar-refractivity contribution in [3.8, 4) is 0 Å². The summed E-state index contributed by atoms with van der Waals surface area (Å²) in [5, 5.41) is 0. The van der Waals surface area contributed by atoms with Crippen LogP contribution in [0.15, 0.2) is 24.3 Å². The molecule has 0 spiro atoms. The van der Waals surface area contributed by atoms with Crippen molar-refractivity contribution in [3.05, 3.63) is 35.4 Å². The zero-order valence-electron chi connectivity index (χ0n) is 13.2. The van der Waals surface area contributed by atoms with Gasteiger partial charge in [-0.1, -0.05) is 36.8 Å². The number of benzene rings is 1. The fraction of sp³-hybridized carbons (Fsp3) is 0.529. The molecule has 1 heterocycles. The minimum Gasteiger partial charge on any atom is -0.342 e. The largest absolute Gasteiger partial charge is 0.342 e. The molecule has 2 rings (SSSR count). The van der Waals surface area contributed by atoms with Crippen LogP contribution >= 0.6 is 12.4 Å². The molecule has 1 fully saturated rings. The number of nitrogens with zero attached hydrogens (tertiary/aromatic N) is 1. The Balaban J connectivity index is 0.00000242. The fourth-order valence-electron chi connectivity index (χ4n) is 2.73. The summed E-state index contributed by atoms with van der Waals surface area (Å²) in [5.41, 5.74) is 7.48. The molecule has 122 valence electrons. The number of carbonyl (C=O) groups excluding carboxylic acids is 2. The summed E-state index contributed by atoms with van der Waals surface area (Å²) in [6.45, 7) is 5.56. The maximum Gasteiger partial charge on any atom is 0.226 e. The lowest BCUT2D eigenvalue weighted by molar-refractivity contribution is -0.135. The van der Waals surface area contributed by atoms with Gasteiger partial charge in [0.15, 0.2) is 5.78 Å². The summed E-state index contributed by atoms with van der Waals surface area (Å²) in [7, 11) is 0. The van der Waals surface area contributed by atoms with Gasteiger partial charge in [-0.25, -0.2) is 0 Å². The number of aryl methyl sites for hydroxylation is 1. The number of Topliss-reactive ketones (excluding diaryl/α,β-unsaturated/α-hetero) is 1. The van der Waals surface area contributed by atoms with E-state index >= 15 is 0 Å². The molecule has 1 atom stereocenters. The van der Waals surface area contributed by atoms with Crippen LogP contribution in [-0.2, 0) is 4.79 Å². The molecule has 1 aliphatic heterocycles. The molecule has 5 heteroatoms. The lowest BCUT2D eigenvalue weighted by Crippen LogP contribution is -2.44. The molecule has 4 nitrogen and oxygen atoms in total. The number of likely N-dealkylation sites (tertiary alicyclic amines) is 1. The molecule has 1 aromatic carbocycles. The van der Waals surface area contributed by atoms with Crippen LogP contribution in [0, 0.1) is 18.8 Å². The van der Waals surface area contributed by atoms with Gasteiger partial charge in [0.2, 0.25) is 5.91 Å². The van der Waals surface area contributed by atoms with E-state index in [-0.39, 0.29) is 35.9 Å². The van der Waals surface area contributed by atoms with Crippen molar-refractivity contribution in [1.29, 1.82) is 0 Å². The second kappa shape index (κ2) is 8.30. The molecule has 2 N–H and O–H groups in total. The highest BCUT2D eigenvalue weighted by Gasteiger charge is 2.29. The van der Waals surface area contributed by atoms with Gasteiger partial charge in [-0.3, -0.25) is 9.59 Å². The van der Waals surface area contributed by atoms with Crippen LogP contribution < -0.4 is 5.73 Å². The van der Waals surface area contributed by atoms with Crippen molar-refractivity contribution in [1.82, 2.24) is 4.90 Å². The van der Waals surface area contributed by atoms with Gasteiger partial charge in [-0.15, -0.1) is 12.4 Å². The summed E-state index contributed by atoms with van der Waals surface area (Å²) < 4.78 is 0. The Bertz CT molecular complexity index is 508. The SMILES string of the molecule is Cc1ccc(C(=O)C2CCN(C(=O)C(C)CN)CC2)cc1.Cl. The van der Waals surface area contributed by atoms with Crippen molar-refractivity contribution < 1.29 is 9.59 Å². The average molecular weight is 325 g/mol. The van der Waals surface area contributed by atoms with E-state index in [1.807, 2.05) is 43.0 Å². The molecule has 1 saturated heterocycles. The number of halogens is 1. The first-order chi connectivity index (χ1) is 10.0. The smallest absolute Gasteiger partial charge is 0.226 e. The Morgan fingerprint density at radius 1 is 1.23 bits per heavy atom. The molecule has 22 heavy (non-hydrogen) atoms. The van der Waals surface area contributed by atoms with Gasteiger partial charge in [0.25, 0.3) is 0 Å². The lowest BCUT2D eigenvalue weighted by Gasteiger charge is -2.32. The van der Waals surface area contributed by atoms with Crippen molar-refractivity contribution in [2.45, 2.75) is 26.7 Å². The topological polar surface area (TPSA) is 63.4 Å². The number of nitrogens with two attached hydrogens (primary N) is 1. The molecular formula is C17H25ClN2O2. The van der Waals surface area contributed by atoms with Crippen LogP contribution in [0.25, 0.3) is 0 Å². The van der Waals surface area contributed by atoms with Crippen molar-refractivity contribution in [2.24, 2.45) is 17.6 Å². The average Bonchev–Trinajstić information content (AvgIpc) is 2.53. The van der Waals surface area contributed by atoms with E-state index in [1.165, 1.54) is 0 Å². The third kappa shape index (κ3) is 4.31. The van der Waals surface area contributed by atoms with Crippen LogP contribution in [0.3, 0.4) is 0 Å². The molecule has 0 aromatic heterocycles. The summed E-state index contributed by atoms with van der Waals surface area (Å²) in [4.78, 5) is 26.4. The Hall–Kier alpha value is -1.39. The third-order valence-electron chi connectivity index (χ3n) is 4.29. The molecule has 1 amide bonds. The fourth-order valence-corrected chi connectivity index (χ4v) is 2.73. The number of rotatable bonds is 4. The maximum absolute atomic E-state index is 12.5. The number of carbonyl (C=O) groups is 2. The van der Waals surface area contributed by atoms with Gasteiger partial charge in [0.05, 0.1) is 0 Å². The maximum atomic E-state index is 12.5. The summed E-state index contributed by atoms with van der Waals surface area (Å²) in [6.07, 6.45) is 1.49. The van der Waals surface area contributed by atoms with Crippen molar-refractivity contribution in [3.63, 3.8) is 0 Å². The van der Waals surface area contributed by atoms with E-state index in [9.17, 15) is 9.59 Å². The van der Waals surface area contributed by atoms with Gasteiger partial charge in [-0.05, 0) is 19.8 Å². The zero-order chi connectivity index (χ0) is 15.4. The Kier molecular flexibility index (Phi) is 7.04. The first kappa shape index (κ1) is 18.7. The lowest BCUT2D eigenvalue weighted by atomic mass is 9.88. The van der Waals surface area contributed by atoms with Gasteiger partial charge < -0.3 is 10.6 Å². The molecule has 1 aliphatic rings. The number of piperidine rings is 1. The minimum absolute atomic E-state index is 0. The zero-order valence-corrected chi connectivity index (χ0v) is 14.1. The van der Waals surface area contributed by atoms with Gasteiger partial charge >= 0.3 is 0 Å². The van der Waals surface area contributed by atoms with E-state index in [4.69, 9.17) is 5.73 Å². The number of hydrogen-bond acceptors (Lipinski definition) is 3. The molecule has 0 saturated carbocycles. The monoisotopic (exact) mass is 324 g/mol. The van der Waals surface area contributed by atoms with Crippen LogP contribution in [0.4, 0.5) is 0 Å². The Morgan fingerprint density at radius 2 is 1.77 bits per heavy atom. The molecule has 1 unspecified atom stereocenters. The van der Waals surface area contributed by atoms with Crippen LogP contribution in [-0.4, -0.2) is 36.2 Å². The first-order valence-corrected chi connectivity index (χ1v) is 7.62. The van der Waals surface area contributed by atoms with E-state index in [0.717, 1.165) is 24.0 Å². The highest BCUT2D eigenvalue weighted by Crippen LogP contribution is 2.23. The predicted molar refractivity (Wildman–Crippen MR) is 90.3 cm³/mol. The van der Waals surface area contributed by atoms with Crippen LogP contribution in [0.1, 0.15) is 35.7 Å². The molecule has 0 aliphatic carbocycles. The molecule has 1 aromatic rings. The number of amides is 1. The highest BCUT2D eigenvalue weighted by molar-refractivity contribution is 5.98. The normalized spacial score (nSPS) is 16.8.